The normalized spacial score (nSPS) is 10.5. The second kappa shape index (κ2) is 5.05. The van der Waals surface area contributed by atoms with Crippen molar-refractivity contribution in [3.05, 3.63) is 29.2 Å². The molecule has 0 saturated heterocycles. The van der Waals surface area contributed by atoms with Crippen LogP contribution in [-0.2, 0) is 9.47 Å². The molecular formula is C12H13N3O4. The van der Waals surface area contributed by atoms with Crippen LogP contribution < -0.4 is 0 Å². The lowest BCUT2D eigenvalue weighted by Gasteiger charge is -2.04. The van der Waals surface area contributed by atoms with E-state index in [1.807, 2.05) is 0 Å². The number of carbonyl (C=O) groups is 2. The smallest absolute Gasteiger partial charge is 0.356 e. The first-order valence-corrected chi connectivity index (χ1v) is 5.69. The van der Waals surface area contributed by atoms with Crippen molar-refractivity contribution in [1.82, 2.24) is 14.6 Å². The highest BCUT2D eigenvalue weighted by atomic mass is 16.5. The van der Waals surface area contributed by atoms with Gasteiger partial charge in [-0.15, -0.1) is 0 Å². The van der Waals surface area contributed by atoms with E-state index in [1.165, 1.54) is 17.8 Å². The van der Waals surface area contributed by atoms with Gasteiger partial charge in [-0.25, -0.2) is 19.1 Å². The predicted octanol–water partition coefficient (Wildman–Crippen LogP) is 1.00. The third-order valence-corrected chi connectivity index (χ3v) is 2.49. The van der Waals surface area contributed by atoms with Crippen LogP contribution in [0.4, 0.5) is 0 Å². The van der Waals surface area contributed by atoms with Crippen molar-refractivity contribution in [2.75, 3.05) is 13.7 Å². The van der Waals surface area contributed by atoms with E-state index in [0.29, 0.717) is 5.69 Å². The summed E-state index contributed by atoms with van der Waals surface area (Å²) in [6, 6.07) is 1.54. The number of hydrogen-bond acceptors (Lipinski definition) is 6. The monoisotopic (exact) mass is 263 g/mol. The Morgan fingerprint density at radius 1 is 1.37 bits per heavy atom. The number of rotatable bonds is 3. The Morgan fingerprint density at radius 3 is 2.74 bits per heavy atom. The molecule has 2 heterocycles. The molecule has 7 heteroatoms. The van der Waals surface area contributed by atoms with E-state index in [2.05, 4.69) is 14.8 Å². The molecule has 0 radical (unpaired) electrons. The fraction of sp³-hybridized carbons (Fsp3) is 0.333. The van der Waals surface area contributed by atoms with E-state index < -0.39 is 11.9 Å². The van der Waals surface area contributed by atoms with E-state index >= 15 is 0 Å². The quantitative estimate of drug-likeness (QED) is 0.768. The molecule has 0 unspecified atom stereocenters. The molecule has 0 atom stereocenters. The van der Waals surface area contributed by atoms with Crippen LogP contribution in [-0.4, -0.2) is 40.3 Å². The highest BCUT2D eigenvalue weighted by Gasteiger charge is 2.20. The van der Waals surface area contributed by atoms with Gasteiger partial charge in [0.1, 0.15) is 5.56 Å². The summed E-state index contributed by atoms with van der Waals surface area (Å²) in [4.78, 5) is 27.6. The summed E-state index contributed by atoms with van der Waals surface area (Å²) < 4.78 is 10.9. The van der Waals surface area contributed by atoms with Gasteiger partial charge in [0.15, 0.2) is 11.3 Å². The zero-order valence-corrected chi connectivity index (χ0v) is 10.8. The number of ether oxygens (including phenoxy) is 2. The molecule has 0 N–H and O–H groups in total. The topological polar surface area (TPSA) is 82.8 Å². The van der Waals surface area contributed by atoms with Gasteiger partial charge < -0.3 is 9.47 Å². The molecule has 2 rings (SSSR count). The molecule has 0 aliphatic heterocycles. The third kappa shape index (κ3) is 2.26. The molecule has 2 aromatic rings. The molecule has 100 valence electrons. The van der Waals surface area contributed by atoms with Gasteiger partial charge in [0.25, 0.3) is 0 Å². The van der Waals surface area contributed by atoms with Gasteiger partial charge in [0, 0.05) is 5.69 Å². The lowest BCUT2D eigenvalue weighted by Crippen LogP contribution is -2.12. The van der Waals surface area contributed by atoms with Crippen molar-refractivity contribution < 1.29 is 19.1 Å². The molecule has 2 aromatic heterocycles. The Labute approximate surface area is 109 Å². The van der Waals surface area contributed by atoms with Crippen molar-refractivity contribution in [2.45, 2.75) is 13.8 Å². The van der Waals surface area contributed by atoms with Crippen LogP contribution in [0.5, 0.6) is 0 Å². The maximum Gasteiger partial charge on any atom is 0.356 e. The maximum atomic E-state index is 11.8. The van der Waals surface area contributed by atoms with Gasteiger partial charge in [0.05, 0.1) is 19.9 Å². The molecule has 0 saturated carbocycles. The minimum Gasteiger partial charge on any atom is -0.464 e. The van der Waals surface area contributed by atoms with Crippen molar-refractivity contribution in [3.8, 4) is 0 Å². The minimum atomic E-state index is -0.547. The van der Waals surface area contributed by atoms with Crippen molar-refractivity contribution in [3.63, 3.8) is 0 Å². The number of fused-ring (bicyclic) bond motifs is 1. The fourth-order valence-electron chi connectivity index (χ4n) is 1.69. The Balaban J connectivity index is 2.63. The van der Waals surface area contributed by atoms with Gasteiger partial charge in [0.2, 0.25) is 0 Å². The SMILES string of the molecule is CCOC(=O)c1cnn2c(C(=O)OC)cc(C)nc12. The van der Waals surface area contributed by atoms with Gasteiger partial charge in [-0.05, 0) is 19.9 Å². The minimum absolute atomic E-state index is 0.209. The van der Waals surface area contributed by atoms with Crippen molar-refractivity contribution in [1.29, 1.82) is 0 Å². The first kappa shape index (κ1) is 13.0. The van der Waals surface area contributed by atoms with Crippen LogP contribution in [0.15, 0.2) is 12.3 Å². The zero-order valence-electron chi connectivity index (χ0n) is 10.8. The summed E-state index contributed by atoms with van der Waals surface area (Å²) in [5.41, 5.74) is 1.29. The van der Waals surface area contributed by atoms with Gasteiger partial charge in [-0.3, -0.25) is 0 Å². The Morgan fingerprint density at radius 2 is 2.11 bits per heavy atom. The van der Waals surface area contributed by atoms with Gasteiger partial charge >= 0.3 is 11.9 Å². The highest BCUT2D eigenvalue weighted by molar-refractivity contribution is 5.97. The third-order valence-electron chi connectivity index (χ3n) is 2.49. The van der Waals surface area contributed by atoms with Crippen molar-refractivity contribution in [2.24, 2.45) is 0 Å². The second-order valence-electron chi connectivity index (χ2n) is 3.79. The van der Waals surface area contributed by atoms with Gasteiger partial charge in [-0.1, -0.05) is 0 Å². The zero-order chi connectivity index (χ0) is 14.0. The average molecular weight is 263 g/mol. The summed E-state index contributed by atoms with van der Waals surface area (Å²) in [7, 11) is 1.28. The summed E-state index contributed by atoms with van der Waals surface area (Å²) in [6.45, 7) is 3.68. The van der Waals surface area contributed by atoms with E-state index in [9.17, 15) is 9.59 Å². The standard InChI is InChI=1S/C12H13N3O4/c1-4-19-11(16)8-6-13-15-9(12(17)18-3)5-7(2)14-10(8)15/h5-6H,4H2,1-3H3. The van der Waals surface area contributed by atoms with E-state index in [4.69, 9.17) is 4.74 Å². The van der Waals surface area contributed by atoms with E-state index in [-0.39, 0.29) is 23.5 Å². The second-order valence-corrected chi connectivity index (χ2v) is 3.79. The number of esters is 2. The van der Waals surface area contributed by atoms with E-state index in [0.717, 1.165) is 0 Å². The largest absolute Gasteiger partial charge is 0.464 e. The summed E-state index contributed by atoms with van der Waals surface area (Å²) >= 11 is 0. The summed E-state index contributed by atoms with van der Waals surface area (Å²) in [5.74, 6) is -1.07. The molecule has 0 bridgehead atoms. The summed E-state index contributed by atoms with van der Waals surface area (Å²) in [5, 5.41) is 3.98. The number of carbonyl (C=O) groups excluding carboxylic acids is 2. The molecule has 19 heavy (non-hydrogen) atoms. The van der Waals surface area contributed by atoms with Crippen LogP contribution in [0.2, 0.25) is 0 Å². The Hall–Kier alpha value is -2.44. The Kier molecular flexibility index (Phi) is 3.46. The first-order chi connectivity index (χ1) is 9.08. The van der Waals surface area contributed by atoms with E-state index in [1.54, 1.807) is 19.9 Å². The molecule has 0 aliphatic rings. The van der Waals surface area contributed by atoms with Crippen LogP contribution >= 0.6 is 0 Å². The molecule has 7 nitrogen and oxygen atoms in total. The molecule has 0 aliphatic carbocycles. The predicted molar refractivity (Wildman–Crippen MR) is 65.0 cm³/mol. The lowest BCUT2D eigenvalue weighted by molar-refractivity contribution is 0.0526. The molecule has 0 amide bonds. The van der Waals surface area contributed by atoms with Gasteiger partial charge in [-0.2, -0.15) is 5.10 Å². The average Bonchev–Trinajstić information content (AvgIpc) is 2.80. The summed E-state index contributed by atoms with van der Waals surface area (Å²) in [6.07, 6.45) is 1.33. The molecule has 0 spiro atoms. The fourth-order valence-corrected chi connectivity index (χ4v) is 1.69. The Bertz CT molecular complexity index is 648. The van der Waals surface area contributed by atoms with Crippen LogP contribution in [0.3, 0.4) is 0 Å². The maximum absolute atomic E-state index is 11.8. The molecule has 0 fully saturated rings. The number of aryl methyl sites for hydroxylation is 1. The number of aromatic nitrogens is 3. The lowest BCUT2D eigenvalue weighted by atomic mass is 10.3. The first-order valence-electron chi connectivity index (χ1n) is 5.69. The number of methoxy groups -OCH3 is 1. The molecule has 0 aromatic carbocycles. The van der Waals surface area contributed by atoms with Crippen molar-refractivity contribution >= 4 is 17.6 Å². The molecular weight excluding hydrogens is 250 g/mol. The van der Waals surface area contributed by atoms with Crippen LogP contribution in [0, 0.1) is 6.92 Å². The number of nitrogens with zero attached hydrogens (tertiary/aromatic N) is 3. The van der Waals surface area contributed by atoms with Crippen LogP contribution in [0.25, 0.3) is 5.65 Å². The van der Waals surface area contributed by atoms with Crippen LogP contribution in [0.1, 0.15) is 33.5 Å². The number of hydrogen-bond donors (Lipinski definition) is 0. The highest BCUT2D eigenvalue weighted by Crippen LogP contribution is 2.14.